The molecule has 0 aliphatic carbocycles. The van der Waals surface area contributed by atoms with E-state index in [4.69, 9.17) is 11.6 Å². The molecule has 3 rings (SSSR count). The molecule has 0 aliphatic heterocycles. The van der Waals surface area contributed by atoms with Crippen molar-refractivity contribution in [2.24, 2.45) is 7.05 Å². The molecule has 0 unspecified atom stereocenters. The first-order valence-corrected chi connectivity index (χ1v) is 7.55. The lowest BCUT2D eigenvalue weighted by Gasteiger charge is -2.14. The number of hydrogen-bond donors (Lipinski definition) is 1. The van der Waals surface area contributed by atoms with E-state index in [1.165, 1.54) is 22.0 Å². The van der Waals surface area contributed by atoms with Gasteiger partial charge in [0.05, 0.1) is 0 Å². The number of benzene rings is 2. The normalized spacial score (nSPS) is 12.7. The van der Waals surface area contributed by atoms with Crippen molar-refractivity contribution in [2.45, 2.75) is 19.5 Å². The van der Waals surface area contributed by atoms with Gasteiger partial charge in [0.2, 0.25) is 0 Å². The Hall–Kier alpha value is -1.77. The Balaban J connectivity index is 1.76. The van der Waals surface area contributed by atoms with Crippen molar-refractivity contribution < 1.29 is 0 Å². The molecule has 3 heteroatoms. The van der Waals surface area contributed by atoms with Crippen LogP contribution in [0.5, 0.6) is 0 Å². The molecule has 0 amide bonds. The van der Waals surface area contributed by atoms with Crippen molar-refractivity contribution in [3.05, 3.63) is 70.9 Å². The summed E-state index contributed by atoms with van der Waals surface area (Å²) in [5.74, 6) is 0. The van der Waals surface area contributed by atoms with E-state index in [1.54, 1.807) is 0 Å². The molecule has 1 atom stereocenters. The predicted molar refractivity (Wildman–Crippen MR) is 89.6 cm³/mol. The van der Waals surface area contributed by atoms with E-state index in [0.717, 1.165) is 11.6 Å². The van der Waals surface area contributed by atoms with Crippen molar-refractivity contribution in [2.75, 3.05) is 0 Å². The summed E-state index contributed by atoms with van der Waals surface area (Å²) in [5, 5.41) is 5.68. The SMILES string of the molecule is C[C@@H](NCc1cn(C)c2ccccc12)c1ccc(Cl)cc1. The van der Waals surface area contributed by atoms with Crippen LogP contribution in [0, 0.1) is 0 Å². The topological polar surface area (TPSA) is 17.0 Å². The van der Waals surface area contributed by atoms with Gasteiger partial charge in [0, 0.05) is 41.8 Å². The number of para-hydroxylation sites is 1. The van der Waals surface area contributed by atoms with Gasteiger partial charge in [-0.2, -0.15) is 0 Å². The van der Waals surface area contributed by atoms with Crippen LogP contribution in [0.1, 0.15) is 24.1 Å². The fourth-order valence-corrected chi connectivity index (χ4v) is 2.82. The summed E-state index contributed by atoms with van der Waals surface area (Å²) < 4.78 is 2.18. The van der Waals surface area contributed by atoms with Gasteiger partial charge in [-0.05, 0) is 36.2 Å². The molecular weight excluding hydrogens is 280 g/mol. The molecule has 0 radical (unpaired) electrons. The molecule has 0 bridgehead atoms. The first-order chi connectivity index (χ1) is 10.1. The van der Waals surface area contributed by atoms with Gasteiger partial charge in [-0.1, -0.05) is 41.9 Å². The summed E-state index contributed by atoms with van der Waals surface area (Å²) in [7, 11) is 2.09. The summed E-state index contributed by atoms with van der Waals surface area (Å²) in [6.45, 7) is 3.03. The maximum absolute atomic E-state index is 5.93. The molecule has 21 heavy (non-hydrogen) atoms. The van der Waals surface area contributed by atoms with Crippen molar-refractivity contribution in [1.29, 1.82) is 0 Å². The van der Waals surface area contributed by atoms with Crippen LogP contribution in [0.2, 0.25) is 5.02 Å². The molecule has 0 saturated carbocycles. The molecule has 0 fully saturated rings. The van der Waals surface area contributed by atoms with Gasteiger partial charge in [-0.25, -0.2) is 0 Å². The molecule has 1 N–H and O–H groups in total. The molecule has 0 spiro atoms. The summed E-state index contributed by atoms with van der Waals surface area (Å²) in [6, 6.07) is 16.8. The number of aromatic nitrogens is 1. The number of nitrogens with one attached hydrogen (secondary N) is 1. The van der Waals surface area contributed by atoms with Crippen LogP contribution in [0.4, 0.5) is 0 Å². The van der Waals surface area contributed by atoms with Crippen LogP contribution in [0.25, 0.3) is 10.9 Å². The minimum atomic E-state index is 0.293. The highest BCUT2D eigenvalue weighted by Gasteiger charge is 2.08. The Kier molecular flexibility index (Phi) is 4.00. The van der Waals surface area contributed by atoms with Crippen LogP contribution < -0.4 is 5.32 Å². The van der Waals surface area contributed by atoms with Gasteiger partial charge in [0.1, 0.15) is 0 Å². The minimum Gasteiger partial charge on any atom is -0.350 e. The zero-order chi connectivity index (χ0) is 14.8. The van der Waals surface area contributed by atoms with E-state index in [0.29, 0.717) is 6.04 Å². The quantitative estimate of drug-likeness (QED) is 0.740. The minimum absolute atomic E-state index is 0.293. The third kappa shape index (κ3) is 2.97. The maximum Gasteiger partial charge on any atom is 0.0481 e. The average Bonchev–Trinajstić information content (AvgIpc) is 2.83. The van der Waals surface area contributed by atoms with Gasteiger partial charge in [-0.15, -0.1) is 0 Å². The van der Waals surface area contributed by atoms with Crippen molar-refractivity contribution in [3.8, 4) is 0 Å². The van der Waals surface area contributed by atoms with Gasteiger partial charge < -0.3 is 9.88 Å². The van der Waals surface area contributed by atoms with Crippen LogP contribution in [-0.2, 0) is 13.6 Å². The molecule has 0 aliphatic rings. The first kappa shape index (κ1) is 14.2. The Morgan fingerprint density at radius 1 is 1.10 bits per heavy atom. The van der Waals surface area contributed by atoms with Crippen LogP contribution in [0.3, 0.4) is 0 Å². The Morgan fingerprint density at radius 3 is 2.57 bits per heavy atom. The van der Waals surface area contributed by atoms with E-state index in [1.807, 2.05) is 12.1 Å². The lowest BCUT2D eigenvalue weighted by atomic mass is 10.1. The molecule has 108 valence electrons. The van der Waals surface area contributed by atoms with Gasteiger partial charge in [0.25, 0.3) is 0 Å². The van der Waals surface area contributed by atoms with E-state index < -0.39 is 0 Å². The van der Waals surface area contributed by atoms with E-state index in [2.05, 4.69) is 66.5 Å². The Labute approximate surface area is 130 Å². The summed E-state index contributed by atoms with van der Waals surface area (Å²) in [5.41, 5.74) is 3.85. The number of halogens is 1. The second-order valence-corrected chi connectivity index (χ2v) is 5.87. The molecule has 1 aromatic heterocycles. The lowest BCUT2D eigenvalue weighted by Crippen LogP contribution is -2.17. The standard InChI is InChI=1S/C18H19ClN2/c1-13(14-7-9-16(19)10-8-14)20-11-15-12-21(2)18-6-4-3-5-17(15)18/h3-10,12-13,20H,11H2,1-2H3/t13-/m1/s1. The van der Waals surface area contributed by atoms with Crippen molar-refractivity contribution in [3.63, 3.8) is 0 Å². The van der Waals surface area contributed by atoms with Gasteiger partial charge in [0.15, 0.2) is 0 Å². The first-order valence-electron chi connectivity index (χ1n) is 7.17. The fourth-order valence-electron chi connectivity index (χ4n) is 2.70. The summed E-state index contributed by atoms with van der Waals surface area (Å²) >= 11 is 5.93. The number of fused-ring (bicyclic) bond motifs is 1. The molecular formula is C18H19ClN2. The molecule has 3 aromatic rings. The number of aryl methyl sites for hydroxylation is 1. The highest BCUT2D eigenvalue weighted by atomic mass is 35.5. The third-order valence-corrected chi connectivity index (χ3v) is 4.20. The van der Waals surface area contributed by atoms with E-state index in [-0.39, 0.29) is 0 Å². The fraction of sp³-hybridized carbons (Fsp3) is 0.222. The van der Waals surface area contributed by atoms with Gasteiger partial charge in [-0.3, -0.25) is 0 Å². The molecule has 2 nitrogen and oxygen atoms in total. The van der Waals surface area contributed by atoms with Gasteiger partial charge >= 0.3 is 0 Å². The number of rotatable bonds is 4. The third-order valence-electron chi connectivity index (χ3n) is 3.95. The van der Waals surface area contributed by atoms with Crippen molar-refractivity contribution in [1.82, 2.24) is 9.88 Å². The number of nitrogens with zero attached hydrogens (tertiary/aromatic N) is 1. The van der Waals surface area contributed by atoms with Crippen LogP contribution >= 0.6 is 11.6 Å². The van der Waals surface area contributed by atoms with Crippen LogP contribution in [-0.4, -0.2) is 4.57 Å². The predicted octanol–water partition coefficient (Wildman–Crippen LogP) is 4.68. The van der Waals surface area contributed by atoms with Crippen LogP contribution in [0.15, 0.2) is 54.7 Å². The summed E-state index contributed by atoms with van der Waals surface area (Å²) in [4.78, 5) is 0. The Bertz CT molecular complexity index is 744. The lowest BCUT2D eigenvalue weighted by molar-refractivity contribution is 0.576. The van der Waals surface area contributed by atoms with E-state index in [9.17, 15) is 0 Å². The second kappa shape index (κ2) is 5.92. The largest absolute Gasteiger partial charge is 0.350 e. The van der Waals surface area contributed by atoms with E-state index >= 15 is 0 Å². The molecule has 0 saturated heterocycles. The monoisotopic (exact) mass is 298 g/mol. The highest BCUT2D eigenvalue weighted by molar-refractivity contribution is 6.30. The Morgan fingerprint density at radius 2 is 1.81 bits per heavy atom. The molecule has 1 heterocycles. The maximum atomic E-state index is 5.93. The average molecular weight is 299 g/mol. The van der Waals surface area contributed by atoms with Crippen molar-refractivity contribution >= 4 is 22.5 Å². The zero-order valence-electron chi connectivity index (χ0n) is 12.3. The second-order valence-electron chi connectivity index (χ2n) is 5.44. The zero-order valence-corrected chi connectivity index (χ0v) is 13.1. The number of hydrogen-bond acceptors (Lipinski definition) is 1. The summed E-state index contributed by atoms with van der Waals surface area (Å²) in [6.07, 6.45) is 2.20. The smallest absolute Gasteiger partial charge is 0.0481 e. The molecule has 2 aromatic carbocycles. The highest BCUT2D eigenvalue weighted by Crippen LogP contribution is 2.22.